The van der Waals surface area contributed by atoms with Crippen LogP contribution in [-0.4, -0.2) is 37.7 Å². The lowest BCUT2D eigenvalue weighted by atomic mass is 10.2. The van der Waals surface area contributed by atoms with Gasteiger partial charge in [0.05, 0.1) is 25.9 Å². The first-order valence-corrected chi connectivity index (χ1v) is 8.29. The van der Waals surface area contributed by atoms with Crippen molar-refractivity contribution < 1.29 is 9.47 Å². The van der Waals surface area contributed by atoms with Gasteiger partial charge in [0, 0.05) is 13.1 Å². The summed E-state index contributed by atoms with van der Waals surface area (Å²) in [5.74, 6) is 2.20. The lowest BCUT2D eigenvalue weighted by Crippen LogP contribution is -2.41. The first-order chi connectivity index (χ1) is 12.1. The van der Waals surface area contributed by atoms with Crippen LogP contribution >= 0.6 is 0 Å². The Morgan fingerprint density at radius 2 is 1.96 bits per heavy atom. The van der Waals surface area contributed by atoms with Gasteiger partial charge in [-0.3, -0.25) is 4.99 Å². The SMILES string of the molecule is CN=C(NCc1cccc(OC)n1)NCC(C)Oc1ccccc1C. The predicted octanol–water partition coefficient (Wildman–Crippen LogP) is 2.53. The highest BCUT2D eigenvalue weighted by Gasteiger charge is 2.07. The minimum atomic E-state index is 0.00888. The quantitative estimate of drug-likeness (QED) is 0.598. The fourth-order valence-electron chi connectivity index (χ4n) is 2.25. The van der Waals surface area contributed by atoms with Crippen LogP contribution in [0.2, 0.25) is 0 Å². The van der Waals surface area contributed by atoms with Crippen molar-refractivity contribution in [2.45, 2.75) is 26.5 Å². The van der Waals surface area contributed by atoms with Crippen LogP contribution in [0.25, 0.3) is 0 Å². The molecule has 0 fully saturated rings. The van der Waals surface area contributed by atoms with E-state index in [4.69, 9.17) is 9.47 Å². The smallest absolute Gasteiger partial charge is 0.213 e. The minimum Gasteiger partial charge on any atom is -0.489 e. The number of aliphatic imine (C=N–C) groups is 1. The molecule has 0 spiro atoms. The Kier molecular flexibility index (Phi) is 7.07. The van der Waals surface area contributed by atoms with Gasteiger partial charge in [0.1, 0.15) is 11.9 Å². The van der Waals surface area contributed by atoms with Gasteiger partial charge in [-0.1, -0.05) is 24.3 Å². The van der Waals surface area contributed by atoms with Crippen LogP contribution in [0, 0.1) is 6.92 Å². The van der Waals surface area contributed by atoms with Gasteiger partial charge in [-0.05, 0) is 31.5 Å². The monoisotopic (exact) mass is 342 g/mol. The van der Waals surface area contributed by atoms with Crippen LogP contribution in [0.1, 0.15) is 18.2 Å². The Bertz CT molecular complexity index is 703. The number of hydrogen-bond donors (Lipinski definition) is 2. The summed E-state index contributed by atoms with van der Waals surface area (Å²) in [7, 11) is 3.34. The van der Waals surface area contributed by atoms with Crippen molar-refractivity contribution in [2.24, 2.45) is 4.99 Å². The summed E-state index contributed by atoms with van der Waals surface area (Å²) in [6.07, 6.45) is 0.00888. The summed E-state index contributed by atoms with van der Waals surface area (Å²) in [6.45, 7) is 5.26. The van der Waals surface area contributed by atoms with Crippen LogP contribution in [0.4, 0.5) is 0 Å². The van der Waals surface area contributed by atoms with Crippen molar-refractivity contribution in [2.75, 3.05) is 20.7 Å². The summed E-state index contributed by atoms with van der Waals surface area (Å²) in [4.78, 5) is 8.59. The van der Waals surface area contributed by atoms with Crippen molar-refractivity contribution in [3.63, 3.8) is 0 Å². The fourth-order valence-corrected chi connectivity index (χ4v) is 2.25. The van der Waals surface area contributed by atoms with E-state index in [1.165, 1.54) is 0 Å². The first kappa shape index (κ1) is 18.6. The number of methoxy groups -OCH3 is 1. The summed E-state index contributed by atoms with van der Waals surface area (Å²) in [5.41, 5.74) is 2.01. The van der Waals surface area contributed by atoms with Crippen molar-refractivity contribution in [3.8, 4) is 11.6 Å². The second kappa shape index (κ2) is 9.52. The van der Waals surface area contributed by atoms with Crippen LogP contribution in [0.15, 0.2) is 47.5 Å². The van der Waals surface area contributed by atoms with Gasteiger partial charge in [0.25, 0.3) is 0 Å². The number of ether oxygens (including phenoxy) is 2. The molecule has 1 heterocycles. The lowest BCUT2D eigenvalue weighted by molar-refractivity contribution is 0.222. The van der Waals surface area contributed by atoms with E-state index in [2.05, 4.69) is 20.6 Å². The molecule has 2 N–H and O–H groups in total. The van der Waals surface area contributed by atoms with Gasteiger partial charge in [0.2, 0.25) is 5.88 Å². The van der Waals surface area contributed by atoms with E-state index in [9.17, 15) is 0 Å². The molecule has 0 aliphatic heterocycles. The molecule has 1 aromatic heterocycles. The van der Waals surface area contributed by atoms with E-state index < -0.39 is 0 Å². The van der Waals surface area contributed by atoms with Gasteiger partial charge in [0.15, 0.2) is 5.96 Å². The Balaban J connectivity index is 1.80. The molecule has 2 aromatic rings. The highest BCUT2D eigenvalue weighted by atomic mass is 16.5. The van der Waals surface area contributed by atoms with E-state index in [0.717, 1.165) is 17.0 Å². The maximum Gasteiger partial charge on any atom is 0.213 e. The third-order valence-electron chi connectivity index (χ3n) is 3.63. The molecular formula is C19H26N4O2. The molecule has 2 rings (SSSR count). The summed E-state index contributed by atoms with van der Waals surface area (Å²) in [6, 6.07) is 13.7. The molecule has 0 aliphatic rings. The zero-order chi connectivity index (χ0) is 18.1. The van der Waals surface area contributed by atoms with Gasteiger partial charge in [-0.2, -0.15) is 0 Å². The second-order valence-electron chi connectivity index (χ2n) is 5.67. The van der Waals surface area contributed by atoms with Crippen molar-refractivity contribution in [1.29, 1.82) is 0 Å². The van der Waals surface area contributed by atoms with E-state index in [-0.39, 0.29) is 6.10 Å². The average molecular weight is 342 g/mol. The second-order valence-corrected chi connectivity index (χ2v) is 5.67. The van der Waals surface area contributed by atoms with Gasteiger partial charge < -0.3 is 20.1 Å². The molecule has 6 heteroatoms. The summed E-state index contributed by atoms with van der Waals surface area (Å²) in [5, 5.41) is 6.50. The summed E-state index contributed by atoms with van der Waals surface area (Å²) < 4.78 is 11.1. The number of rotatable bonds is 7. The van der Waals surface area contributed by atoms with Crippen molar-refractivity contribution in [1.82, 2.24) is 15.6 Å². The number of aryl methyl sites for hydroxylation is 1. The molecule has 25 heavy (non-hydrogen) atoms. The molecule has 0 amide bonds. The number of aromatic nitrogens is 1. The van der Waals surface area contributed by atoms with E-state index >= 15 is 0 Å². The third-order valence-corrected chi connectivity index (χ3v) is 3.63. The number of para-hydroxylation sites is 1. The van der Waals surface area contributed by atoms with Crippen molar-refractivity contribution in [3.05, 3.63) is 53.7 Å². The highest BCUT2D eigenvalue weighted by Crippen LogP contribution is 2.17. The zero-order valence-corrected chi connectivity index (χ0v) is 15.2. The average Bonchev–Trinajstić information content (AvgIpc) is 2.64. The third kappa shape index (κ3) is 5.99. The molecule has 134 valence electrons. The number of benzene rings is 1. The Labute approximate surface area is 149 Å². The van der Waals surface area contributed by atoms with Crippen LogP contribution in [-0.2, 0) is 6.54 Å². The molecule has 0 aliphatic carbocycles. The normalized spacial score (nSPS) is 12.4. The minimum absolute atomic E-state index is 0.00888. The lowest BCUT2D eigenvalue weighted by Gasteiger charge is -2.18. The molecule has 0 saturated carbocycles. The molecule has 6 nitrogen and oxygen atoms in total. The number of pyridine rings is 1. The van der Waals surface area contributed by atoms with E-state index in [1.54, 1.807) is 14.2 Å². The molecule has 1 atom stereocenters. The predicted molar refractivity (Wildman–Crippen MR) is 100 cm³/mol. The zero-order valence-electron chi connectivity index (χ0n) is 15.2. The number of hydrogen-bond acceptors (Lipinski definition) is 4. The van der Waals surface area contributed by atoms with Crippen LogP contribution in [0.3, 0.4) is 0 Å². The number of nitrogens with zero attached hydrogens (tertiary/aromatic N) is 2. The number of nitrogens with one attached hydrogen (secondary N) is 2. The van der Waals surface area contributed by atoms with Crippen molar-refractivity contribution >= 4 is 5.96 Å². The maximum absolute atomic E-state index is 5.96. The van der Waals surface area contributed by atoms with Crippen LogP contribution in [0.5, 0.6) is 11.6 Å². The number of guanidine groups is 1. The Morgan fingerprint density at radius 3 is 2.68 bits per heavy atom. The first-order valence-electron chi connectivity index (χ1n) is 8.29. The van der Waals surface area contributed by atoms with Gasteiger partial charge in [-0.25, -0.2) is 4.98 Å². The van der Waals surface area contributed by atoms with Crippen LogP contribution < -0.4 is 20.1 Å². The Hall–Kier alpha value is -2.76. The topological polar surface area (TPSA) is 67.8 Å². The molecule has 0 radical (unpaired) electrons. The van der Waals surface area contributed by atoms with E-state index in [0.29, 0.717) is 24.9 Å². The largest absolute Gasteiger partial charge is 0.489 e. The maximum atomic E-state index is 5.96. The fraction of sp³-hybridized carbons (Fsp3) is 0.368. The van der Waals surface area contributed by atoms with Gasteiger partial charge in [-0.15, -0.1) is 0 Å². The molecule has 0 saturated heterocycles. The van der Waals surface area contributed by atoms with Gasteiger partial charge >= 0.3 is 0 Å². The standard InChI is InChI=1S/C19H26N4O2/c1-14-8-5-6-10-17(14)25-15(2)12-21-19(20-3)22-13-16-9-7-11-18(23-16)24-4/h5-11,15H,12-13H2,1-4H3,(H2,20,21,22). The molecular weight excluding hydrogens is 316 g/mol. The van der Waals surface area contributed by atoms with E-state index in [1.807, 2.05) is 56.3 Å². The molecule has 0 bridgehead atoms. The Morgan fingerprint density at radius 1 is 1.16 bits per heavy atom. The summed E-state index contributed by atoms with van der Waals surface area (Å²) >= 11 is 0. The highest BCUT2D eigenvalue weighted by molar-refractivity contribution is 5.79. The molecule has 1 unspecified atom stereocenters. The molecule has 1 aromatic carbocycles.